The van der Waals surface area contributed by atoms with E-state index in [9.17, 15) is 4.79 Å². The fourth-order valence-corrected chi connectivity index (χ4v) is 2.36. The number of thiophene rings is 1. The first-order valence-electron chi connectivity index (χ1n) is 4.92. The molecule has 0 aliphatic rings. The molecule has 0 radical (unpaired) electrons. The summed E-state index contributed by atoms with van der Waals surface area (Å²) < 4.78 is 1.64. The van der Waals surface area contributed by atoms with Crippen LogP contribution in [0.2, 0.25) is 0 Å². The van der Waals surface area contributed by atoms with E-state index in [-0.39, 0.29) is 5.91 Å². The van der Waals surface area contributed by atoms with Crippen molar-refractivity contribution in [3.05, 3.63) is 53.0 Å². The Labute approximate surface area is 96.0 Å². The Balaban J connectivity index is 2.16. The summed E-state index contributed by atoms with van der Waals surface area (Å²) in [6, 6.07) is 11.5. The van der Waals surface area contributed by atoms with Gasteiger partial charge in [0.05, 0.1) is 0 Å². The van der Waals surface area contributed by atoms with Crippen LogP contribution < -0.4 is 4.98 Å². The Bertz CT molecular complexity index is 640. The number of carbonyl (C=O) groups excluding carboxylic acids is 1. The zero-order valence-electron chi connectivity index (χ0n) is 8.38. The standard InChI is InChI=1S/C12H8N2OS/c15-12(11-6-3-7-16-11)14-8-13-9-4-1-2-5-10(9)14/h1-8H/p+1. The lowest BCUT2D eigenvalue weighted by molar-refractivity contribution is -0.345. The Morgan fingerprint density at radius 3 is 2.88 bits per heavy atom. The lowest BCUT2D eigenvalue weighted by atomic mass is 10.3. The minimum absolute atomic E-state index is 0.00690. The lowest BCUT2D eigenvalue weighted by Crippen LogP contribution is -2.09. The summed E-state index contributed by atoms with van der Waals surface area (Å²) in [4.78, 5) is 16.0. The van der Waals surface area contributed by atoms with Crippen molar-refractivity contribution in [1.82, 2.24) is 4.57 Å². The second kappa shape index (κ2) is 3.57. The van der Waals surface area contributed by atoms with Gasteiger partial charge in [0.2, 0.25) is 6.33 Å². The molecule has 1 aromatic carbocycles. The number of nitrogens with zero attached hydrogens (tertiary/aromatic N) is 1. The molecule has 2 aromatic heterocycles. The summed E-state index contributed by atoms with van der Waals surface area (Å²) in [5.41, 5.74) is 1.87. The average Bonchev–Trinajstić information content (AvgIpc) is 2.98. The van der Waals surface area contributed by atoms with Crippen molar-refractivity contribution in [3.8, 4) is 0 Å². The highest BCUT2D eigenvalue weighted by Crippen LogP contribution is 2.14. The highest BCUT2D eigenvalue weighted by Gasteiger charge is 2.19. The third-order valence-corrected chi connectivity index (χ3v) is 3.32. The zero-order valence-corrected chi connectivity index (χ0v) is 9.20. The van der Waals surface area contributed by atoms with E-state index in [1.807, 2.05) is 41.8 Å². The molecule has 0 bridgehead atoms. The Kier molecular flexibility index (Phi) is 2.08. The molecule has 3 rings (SSSR count). The number of carbonyl (C=O) groups is 1. The van der Waals surface area contributed by atoms with Gasteiger partial charge in [0.25, 0.3) is 0 Å². The van der Waals surface area contributed by atoms with Crippen LogP contribution in [0.25, 0.3) is 11.0 Å². The van der Waals surface area contributed by atoms with Gasteiger partial charge in [0, 0.05) is 0 Å². The lowest BCUT2D eigenvalue weighted by Gasteiger charge is -1.92. The topological polar surface area (TPSA) is 36.1 Å². The van der Waals surface area contributed by atoms with E-state index in [1.165, 1.54) is 11.3 Å². The minimum Gasteiger partial charge on any atom is -0.243 e. The molecule has 16 heavy (non-hydrogen) atoms. The summed E-state index contributed by atoms with van der Waals surface area (Å²) in [5.74, 6) is 0.00690. The molecule has 3 aromatic rings. The average molecular weight is 229 g/mol. The molecule has 3 nitrogen and oxygen atoms in total. The molecule has 4 heteroatoms. The van der Waals surface area contributed by atoms with Gasteiger partial charge in [-0.15, -0.1) is 11.3 Å². The van der Waals surface area contributed by atoms with Gasteiger partial charge >= 0.3 is 5.91 Å². The van der Waals surface area contributed by atoms with Crippen LogP contribution in [0.4, 0.5) is 0 Å². The maximum atomic E-state index is 12.1. The quantitative estimate of drug-likeness (QED) is 0.630. The molecule has 0 aliphatic heterocycles. The number of rotatable bonds is 1. The van der Waals surface area contributed by atoms with E-state index in [1.54, 1.807) is 10.9 Å². The van der Waals surface area contributed by atoms with Gasteiger partial charge < -0.3 is 0 Å². The van der Waals surface area contributed by atoms with Gasteiger partial charge in [0.15, 0.2) is 11.0 Å². The predicted molar refractivity (Wildman–Crippen MR) is 62.5 cm³/mol. The van der Waals surface area contributed by atoms with Crippen LogP contribution in [0, 0.1) is 0 Å². The number of hydrogen-bond acceptors (Lipinski definition) is 2. The second-order valence-electron chi connectivity index (χ2n) is 3.44. The number of aromatic nitrogens is 2. The maximum absolute atomic E-state index is 12.1. The minimum atomic E-state index is 0.00690. The van der Waals surface area contributed by atoms with Crippen molar-refractivity contribution >= 4 is 28.3 Å². The SMILES string of the molecule is O=C(c1cccs1)n1c[nH+]c2ccccc21. The maximum Gasteiger partial charge on any atom is 0.356 e. The molecular formula is C12H9N2OS+. The number of hydrogen-bond donors (Lipinski definition) is 0. The van der Waals surface area contributed by atoms with Crippen molar-refractivity contribution in [3.63, 3.8) is 0 Å². The Morgan fingerprint density at radius 1 is 1.19 bits per heavy atom. The van der Waals surface area contributed by atoms with Gasteiger partial charge in [-0.1, -0.05) is 18.2 Å². The molecule has 2 heterocycles. The van der Waals surface area contributed by atoms with Crippen LogP contribution in [0.3, 0.4) is 0 Å². The van der Waals surface area contributed by atoms with E-state index in [0.29, 0.717) is 0 Å². The van der Waals surface area contributed by atoms with E-state index < -0.39 is 0 Å². The fourth-order valence-electron chi connectivity index (χ4n) is 1.70. The second-order valence-corrected chi connectivity index (χ2v) is 4.39. The van der Waals surface area contributed by atoms with Crippen molar-refractivity contribution in [2.45, 2.75) is 0 Å². The smallest absolute Gasteiger partial charge is 0.243 e. The van der Waals surface area contributed by atoms with Crippen molar-refractivity contribution in [1.29, 1.82) is 0 Å². The largest absolute Gasteiger partial charge is 0.356 e. The van der Waals surface area contributed by atoms with E-state index >= 15 is 0 Å². The Morgan fingerprint density at radius 2 is 2.06 bits per heavy atom. The molecule has 0 saturated carbocycles. The molecule has 78 valence electrons. The first-order valence-corrected chi connectivity index (χ1v) is 5.80. The van der Waals surface area contributed by atoms with Crippen molar-refractivity contribution in [2.24, 2.45) is 0 Å². The molecule has 0 saturated heterocycles. The normalized spacial score (nSPS) is 10.8. The highest BCUT2D eigenvalue weighted by molar-refractivity contribution is 7.12. The van der Waals surface area contributed by atoms with Crippen molar-refractivity contribution < 1.29 is 9.78 Å². The monoisotopic (exact) mass is 229 g/mol. The number of imidazole rings is 1. The third-order valence-electron chi connectivity index (χ3n) is 2.46. The number of nitrogens with one attached hydrogen (secondary N) is 1. The van der Waals surface area contributed by atoms with Crippen LogP contribution in [-0.4, -0.2) is 10.5 Å². The molecule has 0 spiro atoms. The van der Waals surface area contributed by atoms with Crippen LogP contribution in [0.15, 0.2) is 48.1 Å². The highest BCUT2D eigenvalue weighted by atomic mass is 32.1. The summed E-state index contributed by atoms with van der Waals surface area (Å²) in [5, 5.41) is 1.91. The number of aromatic amines is 1. The van der Waals surface area contributed by atoms with Gasteiger partial charge in [-0.25, -0.2) is 9.78 Å². The van der Waals surface area contributed by atoms with Crippen LogP contribution >= 0.6 is 11.3 Å². The number of para-hydroxylation sites is 2. The summed E-state index contributed by atoms with van der Waals surface area (Å²) in [6.07, 6.45) is 1.70. The zero-order chi connectivity index (χ0) is 11.0. The number of benzene rings is 1. The molecule has 0 amide bonds. The molecular weight excluding hydrogens is 220 g/mol. The van der Waals surface area contributed by atoms with E-state index in [0.717, 1.165) is 15.9 Å². The van der Waals surface area contributed by atoms with E-state index in [2.05, 4.69) is 4.98 Å². The fraction of sp³-hybridized carbons (Fsp3) is 0. The molecule has 0 unspecified atom stereocenters. The van der Waals surface area contributed by atoms with Gasteiger partial charge in [0.1, 0.15) is 4.88 Å². The molecule has 0 fully saturated rings. The molecule has 1 N–H and O–H groups in total. The Hall–Kier alpha value is -1.94. The number of fused-ring (bicyclic) bond motifs is 1. The molecule has 0 aliphatic carbocycles. The van der Waals surface area contributed by atoms with Crippen molar-refractivity contribution in [2.75, 3.05) is 0 Å². The third kappa shape index (κ3) is 1.35. The van der Waals surface area contributed by atoms with Gasteiger partial charge in [-0.3, -0.25) is 0 Å². The van der Waals surface area contributed by atoms with Crippen LogP contribution in [0.1, 0.15) is 9.67 Å². The van der Waals surface area contributed by atoms with Gasteiger partial charge in [-0.05, 0) is 23.6 Å². The van der Waals surface area contributed by atoms with Gasteiger partial charge in [-0.2, -0.15) is 4.57 Å². The summed E-state index contributed by atoms with van der Waals surface area (Å²) >= 11 is 1.45. The van der Waals surface area contributed by atoms with Crippen LogP contribution in [0.5, 0.6) is 0 Å². The van der Waals surface area contributed by atoms with Crippen LogP contribution in [-0.2, 0) is 0 Å². The summed E-state index contributed by atoms with van der Waals surface area (Å²) in [6.45, 7) is 0. The predicted octanol–water partition coefficient (Wildman–Crippen LogP) is 2.21. The first-order chi connectivity index (χ1) is 7.86. The summed E-state index contributed by atoms with van der Waals surface area (Å²) in [7, 11) is 0. The number of H-pyrrole nitrogens is 1. The molecule has 0 atom stereocenters. The van der Waals surface area contributed by atoms with E-state index in [4.69, 9.17) is 0 Å². The first kappa shape index (κ1) is 9.30.